The Kier molecular flexibility index (Phi) is 5.30. The first-order valence-electron chi connectivity index (χ1n) is 7.04. The summed E-state index contributed by atoms with van der Waals surface area (Å²) in [5.41, 5.74) is 6.23. The number of rotatable bonds is 6. The van der Waals surface area contributed by atoms with Crippen LogP contribution in [0.2, 0.25) is 0 Å². The Hall–Kier alpha value is -2.89. The number of nitrogens with one attached hydrogen (secondary N) is 1. The molecule has 0 fully saturated rings. The summed E-state index contributed by atoms with van der Waals surface area (Å²) in [7, 11) is 0. The van der Waals surface area contributed by atoms with Gasteiger partial charge in [-0.25, -0.2) is 4.39 Å². The van der Waals surface area contributed by atoms with Crippen molar-refractivity contribution in [3.8, 4) is 5.75 Å². The molecule has 0 aromatic heterocycles. The van der Waals surface area contributed by atoms with Gasteiger partial charge in [-0.1, -0.05) is 24.3 Å². The number of nitrogens with two attached hydrogens (primary N) is 1. The van der Waals surface area contributed by atoms with E-state index in [1.165, 1.54) is 18.2 Å². The van der Waals surface area contributed by atoms with Crippen LogP contribution in [-0.4, -0.2) is 18.4 Å². The van der Waals surface area contributed by atoms with Gasteiger partial charge in [0, 0.05) is 0 Å². The van der Waals surface area contributed by atoms with Gasteiger partial charge in [0.15, 0.2) is 6.61 Å². The molecule has 2 rings (SSSR count). The molecule has 0 saturated carbocycles. The van der Waals surface area contributed by atoms with Crippen molar-refractivity contribution in [3.63, 3.8) is 0 Å². The number of halogens is 1. The van der Waals surface area contributed by atoms with Crippen molar-refractivity contribution >= 4 is 11.8 Å². The fourth-order valence-corrected chi connectivity index (χ4v) is 2.06. The molecule has 23 heavy (non-hydrogen) atoms. The van der Waals surface area contributed by atoms with E-state index in [1.54, 1.807) is 37.3 Å². The van der Waals surface area contributed by atoms with E-state index >= 15 is 0 Å². The van der Waals surface area contributed by atoms with Gasteiger partial charge in [0.2, 0.25) is 0 Å². The lowest BCUT2D eigenvalue weighted by Crippen LogP contribution is -2.31. The molecule has 0 saturated heterocycles. The number of carbonyl (C=O) groups is 2. The molecular formula is C17H17FN2O3. The van der Waals surface area contributed by atoms with Gasteiger partial charge >= 0.3 is 0 Å². The third kappa shape index (κ3) is 4.54. The molecule has 2 aromatic carbocycles. The van der Waals surface area contributed by atoms with E-state index in [0.717, 1.165) is 5.56 Å². The molecule has 1 unspecified atom stereocenters. The normalized spacial score (nSPS) is 11.6. The summed E-state index contributed by atoms with van der Waals surface area (Å²) in [6.45, 7) is 1.53. The monoisotopic (exact) mass is 316 g/mol. The van der Waals surface area contributed by atoms with Crippen molar-refractivity contribution in [3.05, 3.63) is 65.5 Å². The highest BCUT2D eigenvalue weighted by atomic mass is 19.1. The summed E-state index contributed by atoms with van der Waals surface area (Å²) in [5, 5.41) is 2.73. The zero-order valence-electron chi connectivity index (χ0n) is 12.6. The Morgan fingerprint density at radius 2 is 1.83 bits per heavy atom. The quantitative estimate of drug-likeness (QED) is 0.857. The lowest BCUT2D eigenvalue weighted by molar-refractivity contribution is -0.123. The second kappa shape index (κ2) is 7.40. The zero-order chi connectivity index (χ0) is 16.8. The molecule has 0 aliphatic rings. The van der Waals surface area contributed by atoms with Gasteiger partial charge in [-0.15, -0.1) is 0 Å². The molecule has 3 N–H and O–H groups in total. The van der Waals surface area contributed by atoms with Gasteiger partial charge in [-0.3, -0.25) is 9.59 Å². The molecule has 2 aromatic rings. The smallest absolute Gasteiger partial charge is 0.258 e. The van der Waals surface area contributed by atoms with Crippen molar-refractivity contribution in [2.75, 3.05) is 6.61 Å². The van der Waals surface area contributed by atoms with Crippen LogP contribution in [-0.2, 0) is 4.79 Å². The second-order valence-electron chi connectivity index (χ2n) is 4.99. The molecule has 0 heterocycles. The predicted octanol–water partition coefficient (Wildman–Crippen LogP) is 2.18. The van der Waals surface area contributed by atoms with Crippen molar-refractivity contribution in [2.45, 2.75) is 13.0 Å². The molecule has 0 aliphatic heterocycles. The highest BCUT2D eigenvalue weighted by Gasteiger charge is 2.13. The van der Waals surface area contributed by atoms with E-state index in [2.05, 4.69) is 5.32 Å². The minimum atomic E-state index is -0.624. The van der Waals surface area contributed by atoms with Crippen molar-refractivity contribution in [1.29, 1.82) is 0 Å². The number of hydrogen-bond donors (Lipinski definition) is 2. The number of hydrogen-bond acceptors (Lipinski definition) is 3. The van der Waals surface area contributed by atoms with Crippen molar-refractivity contribution in [2.24, 2.45) is 5.73 Å². The van der Waals surface area contributed by atoms with E-state index < -0.39 is 5.91 Å². The van der Waals surface area contributed by atoms with Gasteiger partial charge in [0.25, 0.3) is 11.8 Å². The standard InChI is InChI=1S/C17H17FN2O3/c1-11(12-6-8-13(18)9-7-12)20-16(21)10-23-15-5-3-2-4-14(15)17(19)22/h2-9,11H,10H2,1H3,(H2,19,22)(H,20,21). The summed E-state index contributed by atoms with van der Waals surface area (Å²) < 4.78 is 18.2. The molecule has 5 nitrogen and oxygen atoms in total. The highest BCUT2D eigenvalue weighted by Crippen LogP contribution is 2.17. The Labute approximate surface area is 133 Å². The van der Waals surface area contributed by atoms with E-state index in [0.29, 0.717) is 0 Å². The Morgan fingerprint density at radius 3 is 2.48 bits per heavy atom. The van der Waals surface area contributed by atoms with Gasteiger partial charge in [0.05, 0.1) is 11.6 Å². The SMILES string of the molecule is CC(NC(=O)COc1ccccc1C(N)=O)c1ccc(F)cc1. The maximum absolute atomic E-state index is 12.9. The molecule has 2 amide bonds. The fourth-order valence-electron chi connectivity index (χ4n) is 2.06. The zero-order valence-corrected chi connectivity index (χ0v) is 12.6. The molecule has 6 heteroatoms. The summed E-state index contributed by atoms with van der Waals surface area (Å²) in [4.78, 5) is 23.2. The van der Waals surface area contributed by atoms with E-state index in [-0.39, 0.29) is 35.7 Å². The maximum atomic E-state index is 12.9. The summed E-state index contributed by atoms with van der Waals surface area (Å²) in [6.07, 6.45) is 0. The van der Waals surface area contributed by atoms with Crippen molar-refractivity contribution < 1.29 is 18.7 Å². The molecule has 1 atom stereocenters. The fraction of sp³-hybridized carbons (Fsp3) is 0.176. The Bertz CT molecular complexity index is 701. The van der Waals surface area contributed by atoms with E-state index in [9.17, 15) is 14.0 Å². The third-order valence-corrected chi connectivity index (χ3v) is 3.26. The average Bonchev–Trinajstić information content (AvgIpc) is 2.53. The van der Waals surface area contributed by atoms with Crippen LogP contribution < -0.4 is 15.8 Å². The van der Waals surface area contributed by atoms with E-state index in [1.807, 2.05) is 0 Å². The molecule has 0 bridgehead atoms. The number of para-hydroxylation sites is 1. The van der Waals surface area contributed by atoms with Crippen LogP contribution in [0, 0.1) is 5.82 Å². The number of ether oxygens (including phenoxy) is 1. The van der Waals surface area contributed by atoms with Crippen LogP contribution >= 0.6 is 0 Å². The van der Waals surface area contributed by atoms with Crippen LogP contribution in [0.3, 0.4) is 0 Å². The second-order valence-corrected chi connectivity index (χ2v) is 4.99. The number of primary amides is 1. The molecule has 120 valence electrons. The first-order chi connectivity index (χ1) is 11.0. The molecule has 0 radical (unpaired) electrons. The Balaban J connectivity index is 1.93. The third-order valence-electron chi connectivity index (χ3n) is 3.26. The van der Waals surface area contributed by atoms with Crippen LogP contribution in [0.15, 0.2) is 48.5 Å². The number of amides is 2. The highest BCUT2D eigenvalue weighted by molar-refractivity contribution is 5.95. The minimum absolute atomic E-state index is 0.215. The largest absolute Gasteiger partial charge is 0.483 e. The minimum Gasteiger partial charge on any atom is -0.483 e. The summed E-state index contributed by atoms with van der Waals surface area (Å²) in [6, 6.07) is 12.0. The van der Waals surface area contributed by atoms with Gasteiger partial charge < -0.3 is 15.8 Å². The van der Waals surface area contributed by atoms with E-state index in [4.69, 9.17) is 10.5 Å². The average molecular weight is 316 g/mol. The first-order valence-corrected chi connectivity index (χ1v) is 7.04. The van der Waals surface area contributed by atoms with Crippen molar-refractivity contribution in [1.82, 2.24) is 5.32 Å². The molecule has 0 aliphatic carbocycles. The maximum Gasteiger partial charge on any atom is 0.258 e. The first kappa shape index (κ1) is 16.5. The van der Waals surface area contributed by atoms with Gasteiger partial charge in [0.1, 0.15) is 11.6 Å². The lowest BCUT2D eigenvalue weighted by Gasteiger charge is -2.15. The molecular weight excluding hydrogens is 299 g/mol. The number of benzene rings is 2. The van der Waals surface area contributed by atoms with Crippen LogP contribution in [0.5, 0.6) is 5.75 Å². The van der Waals surface area contributed by atoms with Gasteiger partial charge in [-0.2, -0.15) is 0 Å². The van der Waals surface area contributed by atoms with Crippen LogP contribution in [0.25, 0.3) is 0 Å². The lowest BCUT2D eigenvalue weighted by atomic mass is 10.1. The summed E-state index contributed by atoms with van der Waals surface area (Å²) in [5.74, 6) is -1.06. The molecule has 0 spiro atoms. The predicted molar refractivity (Wildman–Crippen MR) is 83.4 cm³/mol. The number of carbonyl (C=O) groups excluding carboxylic acids is 2. The van der Waals surface area contributed by atoms with Gasteiger partial charge in [-0.05, 0) is 36.8 Å². The Morgan fingerprint density at radius 1 is 1.17 bits per heavy atom. The van der Waals surface area contributed by atoms with Crippen LogP contribution in [0.1, 0.15) is 28.9 Å². The van der Waals surface area contributed by atoms with Crippen LogP contribution in [0.4, 0.5) is 4.39 Å². The topological polar surface area (TPSA) is 81.4 Å². The summed E-state index contributed by atoms with van der Waals surface area (Å²) >= 11 is 0.